The monoisotopic (exact) mass is 363 g/mol. The van der Waals surface area contributed by atoms with Gasteiger partial charge in [0, 0.05) is 5.56 Å². The first-order valence-corrected chi connectivity index (χ1v) is 7.80. The van der Waals surface area contributed by atoms with Gasteiger partial charge in [-0.3, -0.25) is 14.5 Å². The summed E-state index contributed by atoms with van der Waals surface area (Å²) < 4.78 is 5.11. The van der Waals surface area contributed by atoms with E-state index in [0.29, 0.717) is 11.1 Å². The van der Waals surface area contributed by atoms with Crippen LogP contribution in [0.25, 0.3) is 0 Å². The van der Waals surface area contributed by atoms with Crippen molar-refractivity contribution in [3.05, 3.63) is 63.6 Å². The normalized spacial score (nSPS) is 13.7. The van der Waals surface area contributed by atoms with Crippen molar-refractivity contribution in [3.63, 3.8) is 0 Å². The zero-order valence-corrected chi connectivity index (χ0v) is 13.8. The molecule has 0 atom stereocenters. The van der Waals surface area contributed by atoms with E-state index in [-0.39, 0.29) is 22.2 Å². The lowest BCUT2D eigenvalue weighted by atomic mass is 9.98. The van der Waals surface area contributed by atoms with Gasteiger partial charge >= 0.3 is 5.97 Å². The maximum atomic E-state index is 12.4. The van der Waals surface area contributed by atoms with Crippen molar-refractivity contribution >= 4 is 41.0 Å². The number of carbonyl (C=O) groups is 3. The Morgan fingerprint density at radius 1 is 1.08 bits per heavy atom. The second-order valence-corrected chi connectivity index (χ2v) is 5.93. The third-order valence-corrected chi connectivity index (χ3v) is 4.36. The number of rotatable bonds is 3. The minimum absolute atomic E-state index is 0.0626. The molecule has 1 heterocycles. The van der Waals surface area contributed by atoms with Gasteiger partial charge < -0.3 is 4.74 Å². The maximum absolute atomic E-state index is 12.4. The van der Waals surface area contributed by atoms with Crippen molar-refractivity contribution in [2.75, 3.05) is 6.54 Å². The van der Waals surface area contributed by atoms with Crippen LogP contribution in [0.15, 0.2) is 42.5 Å². The molecule has 2 amide bonds. The molecule has 0 bridgehead atoms. The van der Waals surface area contributed by atoms with E-state index in [9.17, 15) is 14.4 Å². The van der Waals surface area contributed by atoms with E-state index < -0.39 is 24.3 Å². The molecule has 0 saturated carbocycles. The average molecular weight is 364 g/mol. The summed E-state index contributed by atoms with van der Waals surface area (Å²) in [5, 5.41) is 0.329. The van der Waals surface area contributed by atoms with Gasteiger partial charge in [-0.15, -0.1) is 0 Å². The van der Waals surface area contributed by atoms with Gasteiger partial charge in [-0.05, 0) is 23.8 Å². The molecule has 7 heteroatoms. The van der Waals surface area contributed by atoms with Crippen molar-refractivity contribution in [1.82, 2.24) is 4.90 Å². The van der Waals surface area contributed by atoms with Crippen LogP contribution in [0, 0.1) is 0 Å². The highest BCUT2D eigenvalue weighted by Gasteiger charge is 2.32. The van der Waals surface area contributed by atoms with Gasteiger partial charge in [0.25, 0.3) is 5.91 Å². The molecule has 1 aliphatic heterocycles. The first-order valence-electron chi connectivity index (χ1n) is 7.04. The summed E-state index contributed by atoms with van der Waals surface area (Å²) in [6, 6.07) is 11.4. The minimum atomic E-state index is -0.778. The van der Waals surface area contributed by atoms with Gasteiger partial charge in [-0.25, -0.2) is 4.79 Å². The Morgan fingerprint density at radius 3 is 2.62 bits per heavy atom. The topological polar surface area (TPSA) is 63.7 Å². The molecular weight excluding hydrogens is 353 g/mol. The molecular formula is C17H11Cl2NO4. The van der Waals surface area contributed by atoms with Crippen LogP contribution in [0.3, 0.4) is 0 Å². The molecule has 0 N–H and O–H groups in total. The largest absolute Gasteiger partial charge is 0.424 e. The summed E-state index contributed by atoms with van der Waals surface area (Å²) >= 11 is 11.8. The number of imide groups is 1. The number of halogens is 2. The number of amides is 2. The molecule has 0 radical (unpaired) electrons. The van der Waals surface area contributed by atoms with Crippen molar-refractivity contribution in [1.29, 1.82) is 0 Å². The van der Waals surface area contributed by atoms with Crippen LogP contribution in [-0.2, 0) is 16.0 Å². The van der Waals surface area contributed by atoms with E-state index in [4.69, 9.17) is 27.9 Å². The number of esters is 1. The van der Waals surface area contributed by atoms with Gasteiger partial charge in [-0.1, -0.05) is 47.5 Å². The Labute approximate surface area is 147 Å². The molecule has 0 saturated heterocycles. The van der Waals surface area contributed by atoms with Crippen LogP contribution in [-0.4, -0.2) is 29.2 Å². The molecule has 0 aliphatic carbocycles. The highest BCUT2D eigenvalue weighted by atomic mass is 35.5. The van der Waals surface area contributed by atoms with Gasteiger partial charge in [-0.2, -0.15) is 0 Å². The number of ether oxygens (including phenoxy) is 1. The summed E-state index contributed by atoms with van der Waals surface area (Å²) in [5.41, 5.74) is 1.06. The molecule has 24 heavy (non-hydrogen) atoms. The molecule has 5 nitrogen and oxygen atoms in total. The van der Waals surface area contributed by atoms with Crippen LogP contribution in [0.1, 0.15) is 15.9 Å². The Kier molecular flexibility index (Phi) is 4.55. The maximum Gasteiger partial charge on any atom is 0.331 e. The second-order valence-electron chi connectivity index (χ2n) is 5.14. The predicted octanol–water partition coefficient (Wildman–Crippen LogP) is 3.12. The van der Waals surface area contributed by atoms with Crippen LogP contribution in [0.2, 0.25) is 10.0 Å². The molecule has 1 aliphatic rings. The third kappa shape index (κ3) is 3.13. The first kappa shape index (κ1) is 16.5. The number of hydrogen-bond acceptors (Lipinski definition) is 4. The Hall–Kier alpha value is -2.37. The smallest absolute Gasteiger partial charge is 0.331 e. The summed E-state index contributed by atoms with van der Waals surface area (Å²) in [6.07, 6.45) is 0.0626. The van der Waals surface area contributed by atoms with Crippen LogP contribution in [0.5, 0.6) is 5.75 Å². The van der Waals surface area contributed by atoms with E-state index in [1.165, 1.54) is 6.07 Å². The van der Waals surface area contributed by atoms with E-state index in [1.54, 1.807) is 36.4 Å². The van der Waals surface area contributed by atoms with Crippen LogP contribution in [0.4, 0.5) is 0 Å². The minimum Gasteiger partial charge on any atom is -0.424 e. The molecule has 122 valence electrons. The van der Waals surface area contributed by atoms with Gasteiger partial charge in [0.2, 0.25) is 5.91 Å². The molecule has 0 spiro atoms. The summed E-state index contributed by atoms with van der Waals surface area (Å²) in [6.45, 7) is -0.491. The van der Waals surface area contributed by atoms with Gasteiger partial charge in [0.05, 0.1) is 11.4 Å². The zero-order chi connectivity index (χ0) is 17.3. The molecule has 3 rings (SSSR count). The van der Waals surface area contributed by atoms with E-state index in [1.807, 2.05) is 0 Å². The van der Waals surface area contributed by atoms with Crippen molar-refractivity contribution in [2.45, 2.75) is 6.42 Å². The SMILES string of the molecule is O=C(CN1C(=O)Cc2ccccc2C1=O)Oc1cccc(Cl)c1Cl. The van der Waals surface area contributed by atoms with E-state index in [0.717, 1.165) is 4.90 Å². The fourth-order valence-electron chi connectivity index (χ4n) is 2.41. The van der Waals surface area contributed by atoms with Crippen molar-refractivity contribution in [2.24, 2.45) is 0 Å². The molecule has 2 aromatic carbocycles. The number of benzene rings is 2. The second kappa shape index (κ2) is 6.63. The number of hydrogen-bond donors (Lipinski definition) is 0. The lowest BCUT2D eigenvalue weighted by molar-refractivity contribution is -0.140. The fraction of sp³-hybridized carbons (Fsp3) is 0.118. The Morgan fingerprint density at radius 2 is 1.83 bits per heavy atom. The highest BCUT2D eigenvalue weighted by Crippen LogP contribution is 2.31. The fourth-order valence-corrected chi connectivity index (χ4v) is 2.74. The number of nitrogens with zero attached hydrogens (tertiary/aromatic N) is 1. The van der Waals surface area contributed by atoms with Crippen molar-refractivity contribution in [3.8, 4) is 5.75 Å². The summed E-state index contributed by atoms with van der Waals surface area (Å²) in [4.78, 5) is 37.5. The molecule has 0 fully saturated rings. The lowest BCUT2D eigenvalue weighted by Crippen LogP contribution is -2.45. The Bertz CT molecular complexity index is 850. The molecule has 0 unspecified atom stereocenters. The third-order valence-electron chi connectivity index (χ3n) is 3.56. The van der Waals surface area contributed by atoms with E-state index >= 15 is 0 Å². The first-order chi connectivity index (χ1) is 11.5. The standard InChI is InChI=1S/C17H11Cl2NO4/c18-12-6-3-7-13(16(12)19)24-15(22)9-20-14(21)8-10-4-1-2-5-11(10)17(20)23/h1-7H,8-9H2. The highest BCUT2D eigenvalue weighted by molar-refractivity contribution is 6.43. The summed E-state index contributed by atoms with van der Waals surface area (Å²) in [5.74, 6) is -1.67. The van der Waals surface area contributed by atoms with Gasteiger partial charge in [0.1, 0.15) is 11.6 Å². The van der Waals surface area contributed by atoms with E-state index in [2.05, 4.69) is 0 Å². The lowest BCUT2D eigenvalue weighted by Gasteiger charge is -2.25. The quantitative estimate of drug-likeness (QED) is 0.477. The summed E-state index contributed by atoms with van der Waals surface area (Å²) in [7, 11) is 0. The van der Waals surface area contributed by atoms with Crippen molar-refractivity contribution < 1.29 is 19.1 Å². The van der Waals surface area contributed by atoms with Gasteiger partial charge in [0.15, 0.2) is 5.75 Å². The predicted molar refractivity (Wildman–Crippen MR) is 88.3 cm³/mol. The Balaban J connectivity index is 1.76. The average Bonchev–Trinajstić information content (AvgIpc) is 2.56. The number of carbonyl (C=O) groups excluding carboxylic acids is 3. The van der Waals surface area contributed by atoms with Crippen LogP contribution >= 0.6 is 23.2 Å². The van der Waals surface area contributed by atoms with Crippen LogP contribution < -0.4 is 4.74 Å². The number of fused-ring (bicyclic) bond motifs is 1. The zero-order valence-electron chi connectivity index (χ0n) is 12.3. The molecule has 2 aromatic rings. The molecule has 0 aromatic heterocycles.